The molecule has 0 atom stereocenters. The number of amides is 2. The van der Waals surface area contributed by atoms with Crippen LogP contribution in [0.2, 0.25) is 5.02 Å². The Kier molecular flexibility index (Phi) is 8.81. The highest BCUT2D eigenvalue weighted by molar-refractivity contribution is 6.41. The maximum Gasteiger partial charge on any atom is 0.313 e. The molecule has 0 aliphatic heterocycles. The van der Waals surface area contributed by atoms with E-state index in [1.54, 1.807) is 24.3 Å². The summed E-state index contributed by atoms with van der Waals surface area (Å²) in [6.45, 7) is 0. The molecular weight excluding hydrogens is 336 g/mol. The number of hydrogen-bond donors (Lipinski definition) is 2. The summed E-state index contributed by atoms with van der Waals surface area (Å²) >= 11 is 6.02. The van der Waals surface area contributed by atoms with E-state index in [9.17, 15) is 9.59 Å². The summed E-state index contributed by atoms with van der Waals surface area (Å²) in [6.07, 6.45) is 13.1. The highest BCUT2D eigenvalue weighted by Crippen LogP contribution is 2.20. The number of rotatable bonds is 2. The Balaban J connectivity index is 1.84. The van der Waals surface area contributed by atoms with E-state index in [0.29, 0.717) is 10.7 Å². The fourth-order valence-electron chi connectivity index (χ4n) is 3.30. The molecule has 5 heteroatoms. The van der Waals surface area contributed by atoms with Crippen LogP contribution >= 0.6 is 11.6 Å². The maximum absolute atomic E-state index is 12.2. The van der Waals surface area contributed by atoms with Crippen LogP contribution in [0.4, 0.5) is 5.69 Å². The zero-order valence-corrected chi connectivity index (χ0v) is 15.6. The largest absolute Gasteiger partial charge is 0.345 e. The first-order chi connectivity index (χ1) is 12.2. The second kappa shape index (κ2) is 11.1. The van der Waals surface area contributed by atoms with Gasteiger partial charge in [0.2, 0.25) is 0 Å². The van der Waals surface area contributed by atoms with Gasteiger partial charge >= 0.3 is 11.8 Å². The minimum atomic E-state index is -0.654. The Bertz CT molecular complexity index is 550. The van der Waals surface area contributed by atoms with Crippen molar-refractivity contribution in [3.8, 4) is 0 Å². The third-order valence-electron chi connectivity index (χ3n) is 4.77. The van der Waals surface area contributed by atoms with Crippen LogP contribution in [0.1, 0.15) is 70.6 Å². The number of para-hydroxylation sites is 1. The van der Waals surface area contributed by atoms with Crippen LogP contribution < -0.4 is 10.6 Å². The van der Waals surface area contributed by atoms with Crippen molar-refractivity contribution >= 4 is 29.1 Å². The van der Waals surface area contributed by atoms with Crippen molar-refractivity contribution in [3.05, 3.63) is 29.3 Å². The quantitative estimate of drug-likeness (QED) is 0.720. The van der Waals surface area contributed by atoms with Gasteiger partial charge in [0.15, 0.2) is 0 Å². The molecule has 2 amide bonds. The molecule has 1 fully saturated rings. The van der Waals surface area contributed by atoms with E-state index in [2.05, 4.69) is 10.6 Å². The lowest BCUT2D eigenvalue weighted by Crippen LogP contribution is -2.42. The van der Waals surface area contributed by atoms with E-state index >= 15 is 0 Å². The maximum atomic E-state index is 12.2. The summed E-state index contributed by atoms with van der Waals surface area (Å²) in [5.41, 5.74) is 0.461. The Morgan fingerprint density at radius 3 is 1.88 bits per heavy atom. The van der Waals surface area contributed by atoms with Crippen LogP contribution in [0.25, 0.3) is 0 Å². The van der Waals surface area contributed by atoms with E-state index in [1.165, 1.54) is 44.9 Å². The average Bonchev–Trinajstić information content (AvgIpc) is 2.59. The van der Waals surface area contributed by atoms with Gasteiger partial charge in [-0.2, -0.15) is 0 Å². The summed E-state index contributed by atoms with van der Waals surface area (Å²) in [6, 6.07) is 7.00. The highest BCUT2D eigenvalue weighted by Gasteiger charge is 2.19. The van der Waals surface area contributed by atoms with Crippen LogP contribution in [-0.4, -0.2) is 17.9 Å². The summed E-state index contributed by atoms with van der Waals surface area (Å²) in [7, 11) is 0. The van der Waals surface area contributed by atoms with E-state index in [1.807, 2.05) is 0 Å². The lowest BCUT2D eigenvalue weighted by Gasteiger charge is -2.19. The van der Waals surface area contributed by atoms with Gasteiger partial charge in [0, 0.05) is 6.04 Å². The van der Waals surface area contributed by atoms with Crippen molar-refractivity contribution in [1.29, 1.82) is 0 Å². The van der Waals surface area contributed by atoms with Gasteiger partial charge in [0.1, 0.15) is 0 Å². The van der Waals surface area contributed by atoms with Gasteiger partial charge in [-0.3, -0.25) is 9.59 Å². The standard InChI is InChI=1S/C20H29ClN2O2/c21-17-14-10-11-15-18(17)23-20(25)19(24)22-16-12-8-6-4-2-1-3-5-7-9-13-16/h10-11,14-16H,1-9,12-13H2,(H,22,24)(H,23,25). The minimum Gasteiger partial charge on any atom is -0.345 e. The molecule has 1 saturated carbocycles. The molecule has 4 nitrogen and oxygen atoms in total. The summed E-state index contributed by atoms with van der Waals surface area (Å²) in [5.74, 6) is -1.23. The van der Waals surface area contributed by atoms with E-state index < -0.39 is 11.8 Å². The highest BCUT2D eigenvalue weighted by atomic mass is 35.5. The number of benzene rings is 1. The predicted octanol–water partition coefficient (Wildman–Crippen LogP) is 5.07. The van der Waals surface area contributed by atoms with Crippen LogP contribution in [0.3, 0.4) is 0 Å². The van der Waals surface area contributed by atoms with Crippen molar-refractivity contribution in [3.63, 3.8) is 0 Å². The zero-order valence-electron chi connectivity index (χ0n) is 14.9. The number of halogens is 1. The van der Waals surface area contributed by atoms with Crippen LogP contribution in [0.15, 0.2) is 24.3 Å². The molecule has 25 heavy (non-hydrogen) atoms. The Morgan fingerprint density at radius 2 is 1.32 bits per heavy atom. The smallest absolute Gasteiger partial charge is 0.313 e. The fourth-order valence-corrected chi connectivity index (χ4v) is 3.48. The molecule has 1 aromatic carbocycles. The van der Waals surface area contributed by atoms with Crippen LogP contribution in [0, 0.1) is 0 Å². The number of carbonyl (C=O) groups excluding carboxylic acids is 2. The summed E-state index contributed by atoms with van der Waals surface area (Å²) < 4.78 is 0. The Hall–Kier alpha value is -1.55. The molecule has 2 N–H and O–H groups in total. The molecule has 0 unspecified atom stereocenters. The monoisotopic (exact) mass is 364 g/mol. The second-order valence-corrected chi connectivity index (χ2v) is 7.27. The van der Waals surface area contributed by atoms with Crippen molar-refractivity contribution < 1.29 is 9.59 Å². The lowest BCUT2D eigenvalue weighted by molar-refractivity contribution is -0.136. The molecule has 0 bridgehead atoms. The van der Waals surface area contributed by atoms with Crippen molar-refractivity contribution in [2.75, 3.05) is 5.32 Å². The van der Waals surface area contributed by atoms with Crippen LogP contribution in [-0.2, 0) is 9.59 Å². The fraction of sp³-hybridized carbons (Fsp3) is 0.600. The third kappa shape index (κ3) is 7.47. The zero-order chi connectivity index (χ0) is 17.9. The number of hydrogen-bond acceptors (Lipinski definition) is 2. The first kappa shape index (κ1) is 19.8. The molecule has 0 aromatic heterocycles. The molecule has 1 aliphatic rings. The molecule has 0 spiro atoms. The SMILES string of the molecule is O=C(Nc1ccccc1Cl)C(=O)NC1CCCCCCCCCCC1. The molecule has 1 aliphatic carbocycles. The Labute approximate surface area is 155 Å². The third-order valence-corrected chi connectivity index (χ3v) is 5.10. The molecule has 0 heterocycles. The molecule has 2 rings (SSSR count). The topological polar surface area (TPSA) is 58.2 Å². The number of carbonyl (C=O) groups is 2. The summed E-state index contributed by atoms with van der Waals surface area (Å²) in [5, 5.41) is 5.93. The molecule has 0 radical (unpaired) electrons. The van der Waals surface area contributed by atoms with Crippen molar-refractivity contribution in [2.24, 2.45) is 0 Å². The number of anilines is 1. The number of nitrogens with one attached hydrogen (secondary N) is 2. The molecule has 1 aromatic rings. The molecular formula is C20H29ClN2O2. The van der Waals surface area contributed by atoms with Gasteiger partial charge in [0.25, 0.3) is 0 Å². The average molecular weight is 365 g/mol. The van der Waals surface area contributed by atoms with Crippen molar-refractivity contribution in [2.45, 2.75) is 76.7 Å². The van der Waals surface area contributed by atoms with Crippen molar-refractivity contribution in [1.82, 2.24) is 5.32 Å². The van der Waals surface area contributed by atoms with Crippen LogP contribution in [0.5, 0.6) is 0 Å². The first-order valence-electron chi connectivity index (χ1n) is 9.53. The van der Waals surface area contributed by atoms with Gasteiger partial charge in [-0.05, 0) is 25.0 Å². The van der Waals surface area contributed by atoms with Gasteiger partial charge in [-0.15, -0.1) is 0 Å². The first-order valence-corrected chi connectivity index (χ1v) is 9.91. The van der Waals surface area contributed by atoms with Gasteiger partial charge in [-0.25, -0.2) is 0 Å². The van der Waals surface area contributed by atoms with E-state index in [-0.39, 0.29) is 6.04 Å². The minimum absolute atomic E-state index is 0.0870. The lowest BCUT2D eigenvalue weighted by atomic mass is 9.98. The normalized spacial score (nSPS) is 17.8. The molecule has 0 saturated heterocycles. The van der Waals surface area contributed by atoms with E-state index in [4.69, 9.17) is 11.6 Å². The second-order valence-electron chi connectivity index (χ2n) is 6.86. The van der Waals surface area contributed by atoms with Gasteiger partial charge < -0.3 is 10.6 Å². The predicted molar refractivity (Wildman–Crippen MR) is 103 cm³/mol. The van der Waals surface area contributed by atoms with Gasteiger partial charge in [-0.1, -0.05) is 81.5 Å². The Morgan fingerprint density at radius 1 is 0.800 bits per heavy atom. The summed E-state index contributed by atoms with van der Waals surface area (Å²) in [4.78, 5) is 24.4. The molecule has 138 valence electrons. The van der Waals surface area contributed by atoms with Gasteiger partial charge in [0.05, 0.1) is 10.7 Å². The van der Waals surface area contributed by atoms with E-state index in [0.717, 1.165) is 25.7 Å².